The Morgan fingerprint density at radius 1 is 1.15 bits per heavy atom. The van der Waals surface area contributed by atoms with E-state index in [0.29, 0.717) is 5.69 Å². The third-order valence-corrected chi connectivity index (χ3v) is 4.82. The molecule has 0 aliphatic carbocycles. The quantitative estimate of drug-likeness (QED) is 0.479. The molecule has 0 saturated heterocycles. The van der Waals surface area contributed by atoms with Crippen molar-refractivity contribution in [2.75, 3.05) is 10.6 Å². The van der Waals surface area contributed by atoms with Crippen LogP contribution in [-0.2, 0) is 4.74 Å². The van der Waals surface area contributed by atoms with Crippen LogP contribution in [0.1, 0.15) is 40.2 Å². The summed E-state index contributed by atoms with van der Waals surface area (Å²) < 4.78 is 19.9. The molecule has 3 N–H and O–H groups in total. The second kappa shape index (κ2) is 9.69. The van der Waals surface area contributed by atoms with Crippen LogP contribution in [-0.4, -0.2) is 33.7 Å². The lowest BCUT2D eigenvalue weighted by Crippen LogP contribution is -2.45. The van der Waals surface area contributed by atoms with Gasteiger partial charge in [-0.25, -0.2) is 14.2 Å². The van der Waals surface area contributed by atoms with Gasteiger partial charge in [0.2, 0.25) is 0 Å². The summed E-state index contributed by atoms with van der Waals surface area (Å²) in [4.78, 5) is 20.6. The van der Waals surface area contributed by atoms with Crippen molar-refractivity contribution in [3.63, 3.8) is 0 Å². The van der Waals surface area contributed by atoms with Crippen LogP contribution < -0.4 is 16.0 Å². The highest BCUT2D eigenvalue weighted by atomic mass is 19.1. The van der Waals surface area contributed by atoms with Gasteiger partial charge in [-0.1, -0.05) is 6.07 Å². The third-order valence-electron chi connectivity index (χ3n) is 4.82. The fourth-order valence-electron chi connectivity index (χ4n) is 3.02. The second-order valence-corrected chi connectivity index (χ2v) is 8.73. The molecule has 2 heterocycles. The summed E-state index contributed by atoms with van der Waals surface area (Å²) in [6.45, 7) is 8.87. The number of aromatic nitrogens is 2. The molecule has 9 heteroatoms. The minimum Gasteiger partial charge on any atom is -0.444 e. The molecule has 0 spiro atoms. The molecular weight excluding hydrogens is 423 g/mol. The van der Waals surface area contributed by atoms with Crippen LogP contribution in [0.5, 0.6) is 0 Å². The molecule has 0 radical (unpaired) electrons. The van der Waals surface area contributed by atoms with Crippen molar-refractivity contribution in [1.82, 2.24) is 15.3 Å². The maximum atomic E-state index is 14.6. The lowest BCUT2D eigenvalue weighted by molar-refractivity contribution is 0.0504. The Morgan fingerprint density at radius 3 is 2.61 bits per heavy atom. The van der Waals surface area contributed by atoms with Crippen molar-refractivity contribution in [2.45, 2.75) is 52.3 Å². The van der Waals surface area contributed by atoms with Gasteiger partial charge in [0, 0.05) is 29.4 Å². The molecule has 0 bridgehead atoms. The van der Waals surface area contributed by atoms with E-state index in [2.05, 4.69) is 25.9 Å². The average Bonchev–Trinajstić information content (AvgIpc) is 2.74. The number of nitrogens with one attached hydrogen (secondary N) is 3. The van der Waals surface area contributed by atoms with Gasteiger partial charge in [0.25, 0.3) is 0 Å². The SMILES string of the molecule is CC(NC(=O)OC(C)(C)C)C(C)Nc1nc(Nc2ccc3ncccc3c2)c(C#N)cc1F. The highest BCUT2D eigenvalue weighted by molar-refractivity contribution is 5.83. The molecule has 3 rings (SSSR count). The number of anilines is 3. The van der Waals surface area contributed by atoms with Crippen LogP contribution in [0.25, 0.3) is 10.9 Å². The van der Waals surface area contributed by atoms with Gasteiger partial charge in [-0.15, -0.1) is 0 Å². The summed E-state index contributed by atoms with van der Waals surface area (Å²) in [5.41, 5.74) is 0.959. The van der Waals surface area contributed by atoms with Gasteiger partial charge in [0.15, 0.2) is 17.5 Å². The first-order valence-corrected chi connectivity index (χ1v) is 10.5. The zero-order valence-electron chi connectivity index (χ0n) is 19.2. The number of halogens is 1. The molecule has 3 aromatic rings. The number of nitriles is 1. The number of amides is 1. The first-order valence-electron chi connectivity index (χ1n) is 10.5. The predicted molar refractivity (Wildman–Crippen MR) is 126 cm³/mol. The van der Waals surface area contributed by atoms with Crippen molar-refractivity contribution in [3.8, 4) is 6.07 Å². The Morgan fingerprint density at radius 2 is 1.91 bits per heavy atom. The number of pyridine rings is 2. The number of hydrogen-bond acceptors (Lipinski definition) is 7. The van der Waals surface area contributed by atoms with E-state index >= 15 is 0 Å². The van der Waals surface area contributed by atoms with Crippen molar-refractivity contribution in [2.24, 2.45) is 0 Å². The smallest absolute Gasteiger partial charge is 0.407 e. The van der Waals surface area contributed by atoms with Crippen LogP contribution in [0, 0.1) is 17.1 Å². The molecule has 1 aromatic carbocycles. The number of carbonyl (C=O) groups excluding carboxylic acids is 1. The van der Waals surface area contributed by atoms with Gasteiger partial charge in [-0.05, 0) is 65.0 Å². The highest BCUT2D eigenvalue weighted by Gasteiger charge is 2.22. The number of carbonyl (C=O) groups is 1. The Labute approximate surface area is 192 Å². The fourth-order valence-corrected chi connectivity index (χ4v) is 3.02. The molecule has 33 heavy (non-hydrogen) atoms. The van der Waals surface area contributed by atoms with Crippen LogP contribution in [0.3, 0.4) is 0 Å². The third kappa shape index (κ3) is 6.29. The van der Waals surface area contributed by atoms with E-state index in [1.54, 1.807) is 40.8 Å². The van der Waals surface area contributed by atoms with E-state index in [9.17, 15) is 14.4 Å². The lowest BCUT2D eigenvalue weighted by atomic mass is 10.1. The summed E-state index contributed by atoms with van der Waals surface area (Å²) in [6, 6.07) is 11.6. The number of fused-ring (bicyclic) bond motifs is 1. The van der Waals surface area contributed by atoms with E-state index in [-0.39, 0.29) is 29.3 Å². The number of ether oxygens (including phenoxy) is 1. The Balaban J connectivity index is 1.78. The van der Waals surface area contributed by atoms with Crippen molar-refractivity contribution >= 4 is 34.3 Å². The van der Waals surface area contributed by atoms with E-state index in [1.807, 2.05) is 36.4 Å². The normalized spacial score (nSPS) is 13.0. The van der Waals surface area contributed by atoms with Gasteiger partial charge < -0.3 is 20.7 Å². The molecule has 172 valence electrons. The number of hydrogen-bond donors (Lipinski definition) is 3. The first-order chi connectivity index (χ1) is 15.6. The van der Waals surface area contributed by atoms with Crippen molar-refractivity contribution < 1.29 is 13.9 Å². The van der Waals surface area contributed by atoms with Gasteiger partial charge in [0.1, 0.15) is 11.7 Å². The average molecular weight is 451 g/mol. The summed E-state index contributed by atoms with van der Waals surface area (Å²) in [6.07, 6.45) is 1.15. The molecule has 0 fully saturated rings. The summed E-state index contributed by atoms with van der Waals surface area (Å²) >= 11 is 0. The minimum absolute atomic E-state index is 0.0377. The van der Waals surface area contributed by atoms with E-state index in [4.69, 9.17) is 4.74 Å². The van der Waals surface area contributed by atoms with Crippen LogP contribution in [0.4, 0.5) is 26.5 Å². The fraction of sp³-hybridized carbons (Fsp3) is 0.333. The number of benzene rings is 1. The Bertz CT molecular complexity index is 1200. The molecule has 2 atom stereocenters. The Hall–Kier alpha value is -3.93. The zero-order chi connectivity index (χ0) is 24.2. The van der Waals surface area contributed by atoms with Gasteiger partial charge in [-0.3, -0.25) is 4.98 Å². The Kier molecular flexibility index (Phi) is 6.97. The van der Waals surface area contributed by atoms with Crippen molar-refractivity contribution in [3.05, 3.63) is 54.0 Å². The predicted octanol–water partition coefficient (Wildman–Crippen LogP) is 5.10. The largest absolute Gasteiger partial charge is 0.444 e. The monoisotopic (exact) mass is 450 g/mol. The zero-order valence-corrected chi connectivity index (χ0v) is 19.2. The van der Waals surface area contributed by atoms with E-state index in [0.717, 1.165) is 17.0 Å². The number of alkyl carbamates (subject to hydrolysis) is 1. The van der Waals surface area contributed by atoms with Gasteiger partial charge in [-0.2, -0.15) is 5.26 Å². The second-order valence-electron chi connectivity index (χ2n) is 8.73. The molecule has 8 nitrogen and oxygen atoms in total. The van der Waals surface area contributed by atoms with Crippen molar-refractivity contribution in [1.29, 1.82) is 5.26 Å². The molecule has 2 aromatic heterocycles. The van der Waals surface area contributed by atoms with Crippen LogP contribution >= 0.6 is 0 Å². The molecule has 2 unspecified atom stereocenters. The standard InChI is InChI=1S/C24H27FN6O2/c1-14(15(2)29-23(32)33-24(3,4)5)28-22-19(25)12-17(13-26)21(31-22)30-18-8-9-20-16(11-18)7-6-10-27-20/h6-12,14-15H,1-5H3,(H,29,32)(H2,28,30,31). The van der Waals surface area contributed by atoms with E-state index in [1.165, 1.54) is 0 Å². The molecule has 1 amide bonds. The van der Waals surface area contributed by atoms with Gasteiger partial charge >= 0.3 is 6.09 Å². The van der Waals surface area contributed by atoms with Crippen LogP contribution in [0.2, 0.25) is 0 Å². The number of nitrogens with zero attached hydrogens (tertiary/aromatic N) is 3. The number of rotatable bonds is 6. The summed E-state index contributed by atoms with van der Waals surface area (Å²) in [7, 11) is 0. The molecule has 0 aliphatic heterocycles. The highest BCUT2D eigenvalue weighted by Crippen LogP contribution is 2.26. The summed E-state index contributed by atoms with van der Waals surface area (Å²) in [5.74, 6) is -0.495. The maximum absolute atomic E-state index is 14.6. The maximum Gasteiger partial charge on any atom is 0.407 e. The molecule has 0 aliphatic rings. The molecular formula is C24H27FN6O2. The van der Waals surface area contributed by atoms with E-state index < -0.39 is 17.5 Å². The first kappa shape index (κ1) is 23.7. The molecule has 0 saturated carbocycles. The summed E-state index contributed by atoms with van der Waals surface area (Å²) in [5, 5.41) is 19.1. The van der Waals surface area contributed by atoms with Crippen LogP contribution in [0.15, 0.2) is 42.6 Å². The van der Waals surface area contributed by atoms with Gasteiger partial charge in [0.05, 0.1) is 11.1 Å². The lowest BCUT2D eigenvalue weighted by Gasteiger charge is -2.26. The topological polar surface area (TPSA) is 112 Å². The minimum atomic E-state index is -0.670.